The average molecular weight is 365 g/mol. The van der Waals surface area contributed by atoms with E-state index < -0.39 is 11.7 Å². The number of likely N-dealkylation sites (N-methyl/N-ethyl adjacent to an activating group) is 1. The van der Waals surface area contributed by atoms with Crippen molar-refractivity contribution in [1.29, 1.82) is 0 Å². The Morgan fingerprint density at radius 1 is 1.33 bits per heavy atom. The molecular weight excluding hydrogens is 341 g/mol. The summed E-state index contributed by atoms with van der Waals surface area (Å²) in [4.78, 5) is 14.4. The van der Waals surface area contributed by atoms with Gasteiger partial charge in [0.25, 0.3) is 0 Å². The van der Waals surface area contributed by atoms with Crippen LogP contribution in [0.4, 0.5) is 13.2 Å². The second kappa shape index (κ2) is 8.72. The average Bonchev–Trinajstić information content (AvgIpc) is 2.95. The van der Waals surface area contributed by atoms with Crippen LogP contribution in [0.15, 0.2) is 24.3 Å². The van der Waals surface area contributed by atoms with Crippen molar-refractivity contribution < 1.29 is 18.0 Å². The molecule has 0 saturated carbocycles. The van der Waals surface area contributed by atoms with E-state index in [1.54, 1.807) is 0 Å². The van der Waals surface area contributed by atoms with Crippen LogP contribution in [-0.4, -0.2) is 37.0 Å². The molecule has 0 spiro atoms. The first kappa shape index (κ1) is 20.8. The molecule has 1 aromatic rings. The maximum atomic E-state index is 12.6. The molecule has 1 aliphatic rings. The zero-order valence-corrected chi connectivity index (χ0v) is 14.7. The van der Waals surface area contributed by atoms with Crippen molar-refractivity contribution >= 4 is 18.3 Å². The van der Waals surface area contributed by atoms with E-state index in [1.807, 2.05) is 18.9 Å². The van der Waals surface area contributed by atoms with E-state index in [9.17, 15) is 18.0 Å². The molecule has 7 heteroatoms. The highest BCUT2D eigenvalue weighted by molar-refractivity contribution is 5.85. The monoisotopic (exact) mass is 364 g/mol. The van der Waals surface area contributed by atoms with Crippen molar-refractivity contribution in [1.82, 2.24) is 10.2 Å². The maximum Gasteiger partial charge on any atom is 0.416 e. The van der Waals surface area contributed by atoms with Crippen LogP contribution in [0.3, 0.4) is 0 Å². The van der Waals surface area contributed by atoms with Crippen LogP contribution in [0.1, 0.15) is 43.2 Å². The number of hydrogen-bond acceptors (Lipinski definition) is 2. The van der Waals surface area contributed by atoms with Crippen molar-refractivity contribution in [2.45, 2.75) is 44.3 Å². The third-order valence-corrected chi connectivity index (χ3v) is 4.43. The number of likely N-dealkylation sites (tertiary alicyclic amines) is 1. The molecule has 1 heterocycles. The van der Waals surface area contributed by atoms with Gasteiger partial charge in [-0.3, -0.25) is 4.79 Å². The zero-order chi connectivity index (χ0) is 17.0. The van der Waals surface area contributed by atoms with Gasteiger partial charge in [-0.15, -0.1) is 12.4 Å². The normalized spacial score (nSPS) is 19.0. The first-order chi connectivity index (χ1) is 10.8. The zero-order valence-electron chi connectivity index (χ0n) is 13.9. The summed E-state index contributed by atoms with van der Waals surface area (Å²) < 4.78 is 37.8. The molecular formula is C17H24ClF3N2O. The van der Waals surface area contributed by atoms with Crippen LogP contribution in [-0.2, 0) is 11.0 Å². The summed E-state index contributed by atoms with van der Waals surface area (Å²) in [6.07, 6.45) is -1.99. The molecule has 0 bridgehead atoms. The molecule has 1 aromatic carbocycles. The first-order valence-electron chi connectivity index (χ1n) is 7.94. The summed E-state index contributed by atoms with van der Waals surface area (Å²) in [6, 6.07) is 5.32. The predicted octanol–water partition coefficient (Wildman–Crippen LogP) is 3.83. The third kappa shape index (κ3) is 5.11. The lowest BCUT2D eigenvalue weighted by Crippen LogP contribution is -2.41. The first-order valence-corrected chi connectivity index (χ1v) is 7.94. The van der Waals surface area contributed by atoms with E-state index in [0.29, 0.717) is 6.42 Å². The smallest absolute Gasteiger partial charge is 0.338 e. The molecule has 1 fully saturated rings. The number of amides is 1. The number of carbonyl (C=O) groups is 1. The molecule has 1 aliphatic heterocycles. The Balaban J connectivity index is 0.00000288. The van der Waals surface area contributed by atoms with Gasteiger partial charge in [-0.2, -0.15) is 13.2 Å². The number of nitrogens with one attached hydrogen (secondary N) is 1. The summed E-state index contributed by atoms with van der Waals surface area (Å²) in [6.45, 7) is 3.43. The van der Waals surface area contributed by atoms with Crippen molar-refractivity contribution in [2.24, 2.45) is 0 Å². The lowest BCUT2D eigenvalue weighted by molar-refractivity contribution is -0.137. The Labute approximate surface area is 147 Å². The number of alkyl halides is 3. The van der Waals surface area contributed by atoms with Crippen LogP contribution < -0.4 is 5.32 Å². The number of hydrogen-bond donors (Lipinski definition) is 1. The van der Waals surface area contributed by atoms with Gasteiger partial charge in [0.05, 0.1) is 5.56 Å². The quantitative estimate of drug-likeness (QED) is 0.861. The number of nitrogens with zero attached hydrogens (tertiary/aromatic N) is 1. The van der Waals surface area contributed by atoms with Crippen molar-refractivity contribution in [3.63, 3.8) is 0 Å². The molecule has 24 heavy (non-hydrogen) atoms. The van der Waals surface area contributed by atoms with Crippen molar-refractivity contribution in [2.75, 3.05) is 20.1 Å². The van der Waals surface area contributed by atoms with Gasteiger partial charge in [0.2, 0.25) is 5.91 Å². The van der Waals surface area contributed by atoms with Gasteiger partial charge in [0.1, 0.15) is 0 Å². The van der Waals surface area contributed by atoms with Gasteiger partial charge < -0.3 is 10.2 Å². The summed E-state index contributed by atoms with van der Waals surface area (Å²) in [5, 5.41) is 3.10. The molecule has 136 valence electrons. The maximum absolute atomic E-state index is 12.6. The lowest BCUT2D eigenvalue weighted by Gasteiger charge is -2.26. The van der Waals surface area contributed by atoms with Crippen LogP contribution in [0.25, 0.3) is 0 Å². The molecule has 1 saturated heterocycles. The Morgan fingerprint density at radius 2 is 1.96 bits per heavy atom. The second-order valence-electron chi connectivity index (χ2n) is 6.17. The van der Waals surface area contributed by atoms with Crippen molar-refractivity contribution in [3.8, 4) is 0 Å². The van der Waals surface area contributed by atoms with Crippen molar-refractivity contribution in [3.05, 3.63) is 35.4 Å². The highest BCUT2D eigenvalue weighted by Gasteiger charge is 2.31. The van der Waals surface area contributed by atoms with E-state index in [-0.39, 0.29) is 30.3 Å². The third-order valence-electron chi connectivity index (χ3n) is 4.43. The molecule has 0 aromatic heterocycles. The lowest BCUT2D eigenvalue weighted by atomic mass is 9.96. The van der Waals surface area contributed by atoms with Crippen LogP contribution in [0.5, 0.6) is 0 Å². The van der Waals surface area contributed by atoms with E-state index in [1.165, 1.54) is 12.1 Å². The SMILES string of the molecule is CNCC1CCCN1C(=O)CC(C)c1ccc(C(F)(F)F)cc1.Cl. The van der Waals surface area contributed by atoms with Gasteiger partial charge in [-0.25, -0.2) is 0 Å². The number of halogens is 4. The van der Waals surface area contributed by atoms with Crippen LogP contribution >= 0.6 is 12.4 Å². The molecule has 2 unspecified atom stereocenters. The molecule has 0 radical (unpaired) electrons. The fraction of sp³-hybridized carbons (Fsp3) is 0.588. The van der Waals surface area contributed by atoms with Crippen LogP contribution in [0.2, 0.25) is 0 Å². The van der Waals surface area contributed by atoms with Gasteiger partial charge in [-0.1, -0.05) is 19.1 Å². The van der Waals surface area contributed by atoms with Gasteiger partial charge >= 0.3 is 6.18 Å². The summed E-state index contributed by atoms with van der Waals surface area (Å²) >= 11 is 0. The number of rotatable bonds is 5. The number of benzene rings is 1. The molecule has 3 nitrogen and oxygen atoms in total. The van der Waals surface area contributed by atoms with Crippen LogP contribution in [0, 0.1) is 0 Å². The van der Waals surface area contributed by atoms with Gasteiger partial charge in [0, 0.05) is 25.6 Å². The standard InChI is InChI=1S/C17H23F3N2O.ClH/c1-12(13-5-7-14(8-6-13)17(18,19)20)10-16(23)22-9-3-4-15(22)11-21-2;/h5-8,12,15,21H,3-4,9-11H2,1-2H3;1H. The minimum absolute atomic E-state index is 0. The molecule has 1 N–H and O–H groups in total. The van der Waals surface area contributed by atoms with E-state index in [0.717, 1.165) is 43.6 Å². The second-order valence-corrected chi connectivity index (χ2v) is 6.17. The topological polar surface area (TPSA) is 32.3 Å². The van der Waals surface area contributed by atoms with E-state index in [4.69, 9.17) is 0 Å². The predicted molar refractivity (Wildman–Crippen MR) is 90.4 cm³/mol. The number of carbonyl (C=O) groups excluding carboxylic acids is 1. The van der Waals surface area contributed by atoms with Gasteiger partial charge in [0.15, 0.2) is 0 Å². The Kier molecular flexibility index (Phi) is 7.55. The molecule has 0 aliphatic carbocycles. The molecule has 2 rings (SSSR count). The van der Waals surface area contributed by atoms with Gasteiger partial charge in [-0.05, 0) is 43.5 Å². The molecule has 1 amide bonds. The van der Waals surface area contributed by atoms with E-state index >= 15 is 0 Å². The highest BCUT2D eigenvalue weighted by Crippen LogP contribution is 2.31. The molecule has 2 atom stereocenters. The Bertz CT molecular complexity index is 534. The Morgan fingerprint density at radius 3 is 2.50 bits per heavy atom. The Hall–Kier alpha value is -1.27. The minimum Gasteiger partial charge on any atom is -0.338 e. The largest absolute Gasteiger partial charge is 0.416 e. The fourth-order valence-electron chi connectivity index (χ4n) is 3.11. The highest BCUT2D eigenvalue weighted by atomic mass is 35.5. The summed E-state index contributed by atoms with van der Waals surface area (Å²) in [7, 11) is 1.87. The summed E-state index contributed by atoms with van der Waals surface area (Å²) in [5.74, 6) is -0.0178. The summed E-state index contributed by atoms with van der Waals surface area (Å²) in [5.41, 5.74) is 0.101. The van der Waals surface area contributed by atoms with E-state index in [2.05, 4.69) is 5.32 Å². The minimum atomic E-state index is -4.33. The fourth-order valence-corrected chi connectivity index (χ4v) is 3.11.